The van der Waals surface area contributed by atoms with Gasteiger partial charge in [0.1, 0.15) is 6.04 Å². The Morgan fingerprint density at radius 1 is 1.39 bits per heavy atom. The Kier molecular flexibility index (Phi) is 8.56. The summed E-state index contributed by atoms with van der Waals surface area (Å²) in [6.45, 7) is 5.75. The number of ether oxygens (including phenoxy) is 1. The Labute approximate surface area is 114 Å². The molecule has 0 amide bonds. The summed E-state index contributed by atoms with van der Waals surface area (Å²) in [5.41, 5.74) is 0. The van der Waals surface area contributed by atoms with Crippen LogP contribution in [-0.2, 0) is 19.6 Å². The number of sulfonamides is 1. The van der Waals surface area contributed by atoms with E-state index in [9.17, 15) is 13.2 Å². The zero-order chi connectivity index (χ0) is 14.2. The molecule has 1 N–H and O–H groups in total. The van der Waals surface area contributed by atoms with E-state index in [4.69, 9.17) is 16.3 Å². The van der Waals surface area contributed by atoms with Crippen LogP contribution in [0, 0.1) is 5.92 Å². The lowest BCUT2D eigenvalue weighted by Gasteiger charge is -2.18. The Bertz CT molecular complexity index is 343. The van der Waals surface area contributed by atoms with E-state index in [1.165, 1.54) is 0 Å². The summed E-state index contributed by atoms with van der Waals surface area (Å²) in [4.78, 5) is 11.7. The number of halogens is 1. The van der Waals surface area contributed by atoms with Crippen molar-refractivity contribution in [3.8, 4) is 0 Å². The fourth-order valence-corrected chi connectivity index (χ4v) is 2.99. The molecule has 7 heteroatoms. The molecule has 0 aliphatic carbocycles. The number of carbonyl (C=O) groups excluding carboxylic acids is 1. The summed E-state index contributed by atoms with van der Waals surface area (Å²) in [5, 5.41) is 0. The quantitative estimate of drug-likeness (QED) is 0.517. The van der Waals surface area contributed by atoms with Crippen molar-refractivity contribution in [2.45, 2.75) is 39.7 Å². The van der Waals surface area contributed by atoms with Crippen molar-refractivity contribution in [3.63, 3.8) is 0 Å². The van der Waals surface area contributed by atoms with Crippen molar-refractivity contribution in [1.29, 1.82) is 0 Å². The van der Waals surface area contributed by atoms with Crippen LogP contribution in [0.3, 0.4) is 0 Å². The summed E-state index contributed by atoms with van der Waals surface area (Å²) < 4.78 is 30.7. The van der Waals surface area contributed by atoms with Gasteiger partial charge < -0.3 is 4.74 Å². The van der Waals surface area contributed by atoms with E-state index in [0.29, 0.717) is 12.8 Å². The predicted octanol–water partition coefficient (Wildman–Crippen LogP) is 1.51. The average molecular weight is 300 g/mol. The second-order valence-corrected chi connectivity index (χ2v) is 6.66. The van der Waals surface area contributed by atoms with Crippen LogP contribution in [0.4, 0.5) is 0 Å². The lowest BCUT2D eigenvalue weighted by molar-refractivity contribution is -0.145. The molecule has 0 bridgehead atoms. The first-order valence-corrected chi connectivity index (χ1v) is 8.23. The maximum absolute atomic E-state index is 11.7. The molecule has 0 heterocycles. The third-order valence-corrected chi connectivity index (χ3v) is 3.88. The van der Waals surface area contributed by atoms with Gasteiger partial charge in [0.15, 0.2) is 0 Å². The minimum Gasteiger partial charge on any atom is -0.465 e. The van der Waals surface area contributed by atoms with Gasteiger partial charge in [0.2, 0.25) is 10.0 Å². The van der Waals surface area contributed by atoms with E-state index < -0.39 is 22.0 Å². The minimum absolute atomic E-state index is 0.0789. The standard InChI is InChI=1S/C11H22ClNO4S/c1-4-17-11(14)10(8-9(2)3)13-18(15,16)7-5-6-12/h9-10,13H,4-8H2,1-3H3. The van der Waals surface area contributed by atoms with Gasteiger partial charge in [-0.1, -0.05) is 13.8 Å². The zero-order valence-corrected chi connectivity index (χ0v) is 12.7. The van der Waals surface area contributed by atoms with Gasteiger partial charge in [-0.2, -0.15) is 0 Å². The molecule has 0 saturated heterocycles. The molecule has 18 heavy (non-hydrogen) atoms. The summed E-state index contributed by atoms with van der Waals surface area (Å²) in [5.74, 6) is -0.143. The van der Waals surface area contributed by atoms with Crippen molar-refractivity contribution in [1.82, 2.24) is 4.72 Å². The smallest absolute Gasteiger partial charge is 0.324 e. The van der Waals surface area contributed by atoms with Crippen LogP contribution < -0.4 is 4.72 Å². The SMILES string of the molecule is CCOC(=O)C(CC(C)C)NS(=O)(=O)CCCCl. The molecular weight excluding hydrogens is 278 g/mol. The first-order valence-electron chi connectivity index (χ1n) is 6.05. The van der Waals surface area contributed by atoms with Gasteiger partial charge in [-0.05, 0) is 25.7 Å². The molecule has 5 nitrogen and oxygen atoms in total. The third kappa shape index (κ3) is 7.89. The largest absolute Gasteiger partial charge is 0.465 e. The lowest BCUT2D eigenvalue weighted by atomic mass is 10.1. The fraction of sp³-hybridized carbons (Fsp3) is 0.909. The average Bonchev–Trinajstić information content (AvgIpc) is 2.25. The van der Waals surface area contributed by atoms with E-state index in [1.807, 2.05) is 13.8 Å². The molecule has 0 radical (unpaired) electrons. The highest BCUT2D eigenvalue weighted by molar-refractivity contribution is 7.89. The Morgan fingerprint density at radius 2 is 2.00 bits per heavy atom. The monoisotopic (exact) mass is 299 g/mol. The Balaban J connectivity index is 4.62. The molecule has 0 aliphatic rings. The number of carbonyl (C=O) groups is 1. The zero-order valence-electron chi connectivity index (χ0n) is 11.1. The Morgan fingerprint density at radius 3 is 2.44 bits per heavy atom. The van der Waals surface area contributed by atoms with Crippen molar-refractivity contribution >= 4 is 27.6 Å². The fourth-order valence-electron chi connectivity index (χ4n) is 1.43. The van der Waals surface area contributed by atoms with E-state index in [1.54, 1.807) is 6.92 Å². The molecule has 0 aromatic carbocycles. The van der Waals surface area contributed by atoms with Crippen molar-refractivity contribution in [3.05, 3.63) is 0 Å². The molecular formula is C11H22ClNO4S. The Hall–Kier alpha value is -0.330. The minimum atomic E-state index is -3.49. The number of esters is 1. The van der Waals surface area contributed by atoms with E-state index in [2.05, 4.69) is 4.72 Å². The maximum Gasteiger partial charge on any atom is 0.324 e. The van der Waals surface area contributed by atoms with Gasteiger partial charge in [0, 0.05) is 5.88 Å². The van der Waals surface area contributed by atoms with Crippen molar-refractivity contribution < 1.29 is 17.9 Å². The number of hydrogen-bond acceptors (Lipinski definition) is 4. The molecule has 0 spiro atoms. The highest BCUT2D eigenvalue weighted by atomic mass is 35.5. The van der Waals surface area contributed by atoms with E-state index >= 15 is 0 Å². The second kappa shape index (κ2) is 8.72. The van der Waals surface area contributed by atoms with Crippen molar-refractivity contribution in [2.75, 3.05) is 18.2 Å². The molecule has 0 fully saturated rings. The predicted molar refractivity (Wildman–Crippen MR) is 72.1 cm³/mol. The van der Waals surface area contributed by atoms with Crippen LogP contribution in [0.5, 0.6) is 0 Å². The van der Waals surface area contributed by atoms with Gasteiger partial charge in [-0.3, -0.25) is 4.79 Å². The van der Waals surface area contributed by atoms with Gasteiger partial charge in [-0.25, -0.2) is 13.1 Å². The lowest BCUT2D eigenvalue weighted by Crippen LogP contribution is -2.43. The molecule has 0 aromatic heterocycles. The summed E-state index contributed by atoms with van der Waals surface area (Å²) in [7, 11) is -3.49. The molecule has 0 aromatic rings. The van der Waals surface area contributed by atoms with Gasteiger partial charge in [-0.15, -0.1) is 11.6 Å². The van der Waals surface area contributed by atoms with Gasteiger partial charge in [0.05, 0.1) is 12.4 Å². The topological polar surface area (TPSA) is 72.5 Å². The van der Waals surface area contributed by atoms with Crippen LogP contribution in [0.2, 0.25) is 0 Å². The van der Waals surface area contributed by atoms with Crippen LogP contribution >= 0.6 is 11.6 Å². The molecule has 0 saturated carbocycles. The van der Waals surface area contributed by atoms with Crippen LogP contribution in [0.15, 0.2) is 0 Å². The van der Waals surface area contributed by atoms with E-state index in [0.717, 1.165) is 0 Å². The highest BCUT2D eigenvalue weighted by Crippen LogP contribution is 2.08. The second-order valence-electron chi connectivity index (χ2n) is 4.41. The molecule has 108 valence electrons. The number of nitrogens with one attached hydrogen (secondary N) is 1. The number of hydrogen-bond donors (Lipinski definition) is 1. The summed E-state index contributed by atoms with van der Waals surface area (Å²) in [6.07, 6.45) is 0.771. The summed E-state index contributed by atoms with van der Waals surface area (Å²) in [6, 6.07) is -0.815. The van der Waals surface area contributed by atoms with Crippen LogP contribution in [0.1, 0.15) is 33.6 Å². The molecule has 1 atom stereocenters. The van der Waals surface area contributed by atoms with E-state index in [-0.39, 0.29) is 24.2 Å². The number of rotatable bonds is 9. The first-order chi connectivity index (χ1) is 8.32. The molecule has 0 rings (SSSR count). The normalized spacial score (nSPS) is 13.6. The molecule has 0 aliphatic heterocycles. The third-order valence-electron chi connectivity index (χ3n) is 2.15. The summed E-state index contributed by atoms with van der Waals surface area (Å²) >= 11 is 5.46. The van der Waals surface area contributed by atoms with Gasteiger partial charge >= 0.3 is 5.97 Å². The van der Waals surface area contributed by atoms with Gasteiger partial charge in [0.25, 0.3) is 0 Å². The maximum atomic E-state index is 11.7. The first kappa shape index (κ1) is 17.7. The van der Waals surface area contributed by atoms with Crippen molar-refractivity contribution in [2.24, 2.45) is 5.92 Å². The van der Waals surface area contributed by atoms with Crippen LogP contribution in [-0.4, -0.2) is 38.7 Å². The highest BCUT2D eigenvalue weighted by Gasteiger charge is 2.25. The number of alkyl halides is 1. The molecule has 1 unspecified atom stereocenters. The van der Waals surface area contributed by atoms with Crippen LogP contribution in [0.25, 0.3) is 0 Å².